The molecule has 0 aliphatic carbocycles. The second-order valence-electron chi connectivity index (χ2n) is 5.02. The summed E-state index contributed by atoms with van der Waals surface area (Å²) in [6.07, 6.45) is 2.56. The van der Waals surface area contributed by atoms with E-state index in [1.807, 2.05) is 37.3 Å². The van der Waals surface area contributed by atoms with Crippen molar-refractivity contribution in [1.82, 2.24) is 10.6 Å². The number of aryl methyl sites for hydroxylation is 1. The molecule has 0 spiro atoms. The molecule has 1 aromatic carbocycles. The zero-order valence-electron chi connectivity index (χ0n) is 12.6. The Bertz CT molecular complexity index is 434. The second-order valence-corrected chi connectivity index (χ2v) is 5.02. The van der Waals surface area contributed by atoms with Gasteiger partial charge in [-0.1, -0.05) is 37.3 Å². The third-order valence-corrected chi connectivity index (χ3v) is 3.15. The van der Waals surface area contributed by atoms with Gasteiger partial charge in [-0.25, -0.2) is 0 Å². The van der Waals surface area contributed by atoms with Crippen LogP contribution in [0, 0.1) is 0 Å². The van der Waals surface area contributed by atoms with Crippen LogP contribution in [0.3, 0.4) is 0 Å². The van der Waals surface area contributed by atoms with Gasteiger partial charge in [-0.3, -0.25) is 9.59 Å². The van der Waals surface area contributed by atoms with Crippen LogP contribution in [0.1, 0.15) is 31.7 Å². The monoisotopic (exact) mass is 291 g/mol. The predicted molar refractivity (Wildman–Crippen MR) is 83.7 cm³/mol. The van der Waals surface area contributed by atoms with Crippen LogP contribution in [0.5, 0.6) is 0 Å². The van der Waals surface area contributed by atoms with Crippen molar-refractivity contribution in [3.8, 4) is 0 Å². The van der Waals surface area contributed by atoms with Crippen molar-refractivity contribution in [3.63, 3.8) is 0 Å². The molecule has 1 atom stereocenters. The van der Waals surface area contributed by atoms with Crippen LogP contribution < -0.4 is 16.4 Å². The van der Waals surface area contributed by atoms with Crippen LogP contribution in [-0.2, 0) is 16.0 Å². The van der Waals surface area contributed by atoms with Crippen molar-refractivity contribution in [2.75, 3.05) is 13.1 Å². The fourth-order valence-corrected chi connectivity index (χ4v) is 1.88. The maximum atomic E-state index is 11.8. The van der Waals surface area contributed by atoms with Gasteiger partial charge in [0, 0.05) is 19.5 Å². The third-order valence-electron chi connectivity index (χ3n) is 3.15. The van der Waals surface area contributed by atoms with Crippen molar-refractivity contribution < 1.29 is 9.59 Å². The Morgan fingerprint density at radius 3 is 2.52 bits per heavy atom. The summed E-state index contributed by atoms with van der Waals surface area (Å²) in [5, 5.41) is 5.46. The number of nitrogens with two attached hydrogens (primary N) is 1. The topological polar surface area (TPSA) is 84.2 Å². The van der Waals surface area contributed by atoms with Gasteiger partial charge in [0.1, 0.15) is 0 Å². The molecule has 0 saturated carbocycles. The minimum atomic E-state index is -0.538. The van der Waals surface area contributed by atoms with Crippen molar-refractivity contribution in [2.45, 2.75) is 38.6 Å². The van der Waals surface area contributed by atoms with Crippen LogP contribution in [-0.4, -0.2) is 30.9 Å². The molecule has 2 amide bonds. The number of carbonyl (C=O) groups excluding carboxylic acids is 2. The lowest BCUT2D eigenvalue weighted by Gasteiger charge is -2.12. The summed E-state index contributed by atoms with van der Waals surface area (Å²) in [6, 6.07) is 9.39. The van der Waals surface area contributed by atoms with Gasteiger partial charge in [-0.2, -0.15) is 0 Å². The van der Waals surface area contributed by atoms with Gasteiger partial charge in [0.15, 0.2) is 0 Å². The third kappa shape index (κ3) is 7.46. The Balaban J connectivity index is 2.18. The van der Waals surface area contributed by atoms with E-state index in [4.69, 9.17) is 5.73 Å². The number of benzene rings is 1. The van der Waals surface area contributed by atoms with E-state index in [2.05, 4.69) is 10.6 Å². The summed E-state index contributed by atoms with van der Waals surface area (Å²) in [5.41, 5.74) is 7.02. The van der Waals surface area contributed by atoms with E-state index in [9.17, 15) is 9.59 Å². The molecule has 0 radical (unpaired) electrons. The summed E-state index contributed by atoms with van der Waals surface area (Å²) in [5.74, 6) is -0.246. The zero-order chi connectivity index (χ0) is 15.5. The van der Waals surface area contributed by atoms with Crippen molar-refractivity contribution in [2.24, 2.45) is 5.73 Å². The average molecular weight is 291 g/mol. The molecule has 21 heavy (non-hydrogen) atoms. The Labute approximate surface area is 126 Å². The van der Waals surface area contributed by atoms with E-state index in [0.717, 1.165) is 12.8 Å². The summed E-state index contributed by atoms with van der Waals surface area (Å²) < 4.78 is 0. The number of carbonyl (C=O) groups is 2. The molecule has 0 aromatic heterocycles. The highest BCUT2D eigenvalue weighted by molar-refractivity contribution is 5.82. The van der Waals surface area contributed by atoms with Gasteiger partial charge >= 0.3 is 0 Å². The highest BCUT2D eigenvalue weighted by atomic mass is 16.2. The van der Waals surface area contributed by atoms with Gasteiger partial charge in [0.2, 0.25) is 11.8 Å². The first-order valence-corrected chi connectivity index (χ1v) is 7.47. The highest BCUT2D eigenvalue weighted by Crippen LogP contribution is 2.04. The van der Waals surface area contributed by atoms with Crippen molar-refractivity contribution in [1.29, 1.82) is 0 Å². The van der Waals surface area contributed by atoms with Gasteiger partial charge in [0.25, 0.3) is 0 Å². The smallest absolute Gasteiger partial charge is 0.236 e. The zero-order valence-corrected chi connectivity index (χ0v) is 12.6. The van der Waals surface area contributed by atoms with E-state index < -0.39 is 6.04 Å². The lowest BCUT2D eigenvalue weighted by atomic mass is 10.1. The molecule has 1 aromatic rings. The molecule has 0 saturated heterocycles. The molecule has 1 unspecified atom stereocenters. The molecule has 5 nitrogen and oxygen atoms in total. The van der Waals surface area contributed by atoms with Crippen LogP contribution in [0.25, 0.3) is 0 Å². The first kappa shape index (κ1) is 17.2. The fourth-order valence-electron chi connectivity index (χ4n) is 1.88. The van der Waals surface area contributed by atoms with Gasteiger partial charge in [-0.05, 0) is 24.8 Å². The van der Waals surface area contributed by atoms with Crippen LogP contribution in [0.4, 0.5) is 0 Å². The van der Waals surface area contributed by atoms with E-state index >= 15 is 0 Å². The number of amides is 2. The largest absolute Gasteiger partial charge is 0.356 e. The average Bonchev–Trinajstić information content (AvgIpc) is 2.51. The van der Waals surface area contributed by atoms with Gasteiger partial charge < -0.3 is 16.4 Å². The molecular weight excluding hydrogens is 266 g/mol. The van der Waals surface area contributed by atoms with Gasteiger partial charge in [0.05, 0.1) is 6.04 Å². The van der Waals surface area contributed by atoms with E-state index in [1.165, 1.54) is 5.56 Å². The number of nitrogens with one attached hydrogen (secondary N) is 2. The first-order valence-electron chi connectivity index (χ1n) is 7.47. The molecule has 0 heterocycles. The van der Waals surface area contributed by atoms with E-state index in [-0.39, 0.29) is 18.2 Å². The minimum Gasteiger partial charge on any atom is -0.356 e. The maximum absolute atomic E-state index is 11.8. The maximum Gasteiger partial charge on any atom is 0.236 e. The number of hydrogen-bond donors (Lipinski definition) is 3. The molecule has 5 heteroatoms. The van der Waals surface area contributed by atoms with Crippen molar-refractivity contribution >= 4 is 11.8 Å². The van der Waals surface area contributed by atoms with Crippen LogP contribution in [0.15, 0.2) is 30.3 Å². The summed E-state index contributed by atoms with van der Waals surface area (Å²) in [6.45, 7) is 2.99. The SMILES string of the molecule is CCCNC(=O)CCNC(=O)C(N)CCc1ccccc1. The predicted octanol–water partition coefficient (Wildman–Crippen LogP) is 0.979. The molecule has 1 rings (SSSR count). The molecule has 116 valence electrons. The van der Waals surface area contributed by atoms with Crippen molar-refractivity contribution in [3.05, 3.63) is 35.9 Å². The normalized spacial score (nSPS) is 11.7. The Hall–Kier alpha value is -1.88. The van der Waals surface area contributed by atoms with E-state index in [1.54, 1.807) is 0 Å². The molecule has 4 N–H and O–H groups in total. The number of rotatable bonds is 9. The van der Waals surface area contributed by atoms with E-state index in [0.29, 0.717) is 19.5 Å². The Morgan fingerprint density at radius 2 is 1.86 bits per heavy atom. The molecule has 0 aliphatic rings. The fraction of sp³-hybridized carbons (Fsp3) is 0.500. The second kappa shape index (κ2) is 9.94. The quantitative estimate of drug-likeness (QED) is 0.634. The lowest BCUT2D eigenvalue weighted by Crippen LogP contribution is -2.42. The molecular formula is C16H25N3O2. The highest BCUT2D eigenvalue weighted by Gasteiger charge is 2.13. The Morgan fingerprint density at radius 1 is 1.14 bits per heavy atom. The molecule has 0 aliphatic heterocycles. The summed E-state index contributed by atoms with van der Waals surface area (Å²) in [7, 11) is 0. The number of hydrogen-bond acceptors (Lipinski definition) is 3. The first-order chi connectivity index (χ1) is 10.1. The molecule has 0 bridgehead atoms. The lowest BCUT2D eigenvalue weighted by molar-refractivity contribution is -0.123. The van der Waals surface area contributed by atoms with Crippen LogP contribution in [0.2, 0.25) is 0 Å². The molecule has 0 fully saturated rings. The van der Waals surface area contributed by atoms with Gasteiger partial charge in [-0.15, -0.1) is 0 Å². The standard InChI is InChI=1S/C16H25N3O2/c1-2-11-18-15(20)10-12-19-16(21)14(17)9-8-13-6-4-3-5-7-13/h3-7,14H,2,8-12,17H2,1H3,(H,18,20)(H,19,21). The van der Waals surface area contributed by atoms with Crippen LogP contribution >= 0.6 is 0 Å². The summed E-state index contributed by atoms with van der Waals surface area (Å²) >= 11 is 0. The summed E-state index contributed by atoms with van der Waals surface area (Å²) in [4.78, 5) is 23.2. The minimum absolute atomic E-state index is 0.0463. The Kier molecular flexibility index (Phi) is 8.12.